The lowest BCUT2D eigenvalue weighted by molar-refractivity contribution is -0.117. The van der Waals surface area contributed by atoms with E-state index in [0.29, 0.717) is 12.2 Å². The number of carbonyl (C=O) groups is 1. The third-order valence-corrected chi connectivity index (χ3v) is 5.77. The zero-order chi connectivity index (χ0) is 18.7. The average Bonchev–Trinajstić information content (AvgIpc) is 3.16. The fourth-order valence-electron chi connectivity index (χ4n) is 2.85. The lowest BCUT2D eigenvalue weighted by Gasteiger charge is -2.10. The Morgan fingerprint density at radius 3 is 2.65 bits per heavy atom. The maximum atomic E-state index is 11.8. The quantitative estimate of drug-likeness (QED) is 0.593. The molecule has 1 atom stereocenters. The van der Waals surface area contributed by atoms with Gasteiger partial charge in [0.2, 0.25) is 0 Å². The maximum absolute atomic E-state index is 11.8. The topological polar surface area (TPSA) is 106 Å². The predicted molar refractivity (Wildman–Crippen MR) is 98.6 cm³/mol. The first-order chi connectivity index (χ1) is 12.3. The molecule has 138 valence electrons. The molecule has 1 fully saturated rings. The second-order valence-electron chi connectivity index (χ2n) is 6.47. The molecule has 1 aromatic heterocycles. The Morgan fingerprint density at radius 1 is 1.27 bits per heavy atom. The number of benzene rings is 1. The summed E-state index contributed by atoms with van der Waals surface area (Å²) >= 11 is 0. The second-order valence-corrected chi connectivity index (χ2v) is 8.70. The molecule has 1 saturated heterocycles. The number of aromatic nitrogens is 3. The standard InChI is InChI=1S/C17H21N5O3S/c1-12-7-13(2)9-14(8-12)17-18-11-22(21-17)5-3-16(23)20-19-15-4-6-26(24,25)10-15/h3,5,7-9,11,15,19H,4,6,10H2,1-2H3,(H,20,23)/b5-3-. The molecule has 26 heavy (non-hydrogen) atoms. The molecule has 9 heteroatoms. The summed E-state index contributed by atoms with van der Waals surface area (Å²) in [5.74, 6) is 0.379. The van der Waals surface area contributed by atoms with Crippen molar-refractivity contribution in [2.45, 2.75) is 26.3 Å². The summed E-state index contributed by atoms with van der Waals surface area (Å²) in [7, 11) is -2.98. The van der Waals surface area contributed by atoms with Gasteiger partial charge >= 0.3 is 0 Å². The number of rotatable bonds is 5. The van der Waals surface area contributed by atoms with Crippen molar-refractivity contribution >= 4 is 21.9 Å². The van der Waals surface area contributed by atoms with E-state index in [0.717, 1.165) is 16.7 Å². The van der Waals surface area contributed by atoms with Gasteiger partial charge in [-0.05, 0) is 32.4 Å². The van der Waals surface area contributed by atoms with Crippen LogP contribution in [-0.4, -0.2) is 46.6 Å². The molecule has 1 unspecified atom stereocenters. The third-order valence-electron chi connectivity index (χ3n) is 4.00. The van der Waals surface area contributed by atoms with Gasteiger partial charge < -0.3 is 0 Å². The van der Waals surface area contributed by atoms with Gasteiger partial charge in [-0.1, -0.05) is 17.2 Å². The first-order valence-electron chi connectivity index (χ1n) is 8.25. The number of hydrazine groups is 1. The molecule has 0 bridgehead atoms. The number of hydrogen-bond donors (Lipinski definition) is 2. The number of sulfone groups is 1. The highest BCUT2D eigenvalue weighted by molar-refractivity contribution is 7.91. The summed E-state index contributed by atoms with van der Waals surface area (Å²) in [4.78, 5) is 16.1. The highest BCUT2D eigenvalue weighted by atomic mass is 32.2. The van der Waals surface area contributed by atoms with E-state index >= 15 is 0 Å². The smallest absolute Gasteiger partial charge is 0.259 e. The maximum Gasteiger partial charge on any atom is 0.259 e. The summed E-state index contributed by atoms with van der Waals surface area (Å²) in [6.45, 7) is 4.03. The Kier molecular flexibility index (Phi) is 5.19. The van der Waals surface area contributed by atoms with Crippen molar-refractivity contribution < 1.29 is 13.2 Å². The van der Waals surface area contributed by atoms with Crippen LogP contribution in [0.5, 0.6) is 0 Å². The summed E-state index contributed by atoms with van der Waals surface area (Å²) in [5, 5.41) is 4.33. The Bertz CT molecular complexity index is 929. The predicted octanol–water partition coefficient (Wildman–Crippen LogP) is 0.841. The summed E-state index contributed by atoms with van der Waals surface area (Å²) in [6.07, 6.45) is 4.81. The number of carbonyl (C=O) groups excluding carboxylic acids is 1. The van der Waals surface area contributed by atoms with Crippen LogP contribution < -0.4 is 10.9 Å². The highest BCUT2D eigenvalue weighted by Gasteiger charge is 2.27. The summed E-state index contributed by atoms with van der Waals surface area (Å²) in [5.41, 5.74) is 8.41. The molecule has 2 aromatic rings. The molecule has 1 aliphatic heterocycles. The largest absolute Gasteiger partial charge is 0.288 e. The number of nitrogens with zero attached hydrogens (tertiary/aromatic N) is 3. The molecule has 1 aliphatic rings. The van der Waals surface area contributed by atoms with Crippen LogP contribution in [0.1, 0.15) is 17.5 Å². The van der Waals surface area contributed by atoms with Crippen molar-refractivity contribution in [3.63, 3.8) is 0 Å². The van der Waals surface area contributed by atoms with Crippen LogP contribution in [0.15, 0.2) is 30.6 Å². The van der Waals surface area contributed by atoms with E-state index in [4.69, 9.17) is 0 Å². The van der Waals surface area contributed by atoms with Gasteiger partial charge in [0.1, 0.15) is 6.33 Å². The highest BCUT2D eigenvalue weighted by Crippen LogP contribution is 2.18. The average molecular weight is 375 g/mol. The van der Waals surface area contributed by atoms with Crippen molar-refractivity contribution in [3.8, 4) is 11.4 Å². The van der Waals surface area contributed by atoms with Gasteiger partial charge in [0.25, 0.3) is 5.91 Å². The number of amides is 1. The van der Waals surface area contributed by atoms with E-state index in [2.05, 4.69) is 27.0 Å². The monoisotopic (exact) mass is 375 g/mol. The normalized spacial score (nSPS) is 19.1. The van der Waals surface area contributed by atoms with Crippen molar-refractivity contribution in [1.82, 2.24) is 25.6 Å². The Balaban J connectivity index is 1.57. The fourth-order valence-corrected chi connectivity index (χ4v) is 4.52. The van der Waals surface area contributed by atoms with Crippen LogP contribution in [0.2, 0.25) is 0 Å². The van der Waals surface area contributed by atoms with Crippen LogP contribution in [0.25, 0.3) is 17.6 Å². The van der Waals surface area contributed by atoms with Crippen LogP contribution in [0, 0.1) is 13.8 Å². The molecule has 0 saturated carbocycles. The Morgan fingerprint density at radius 2 is 2.00 bits per heavy atom. The molecule has 3 rings (SSSR count). The summed E-state index contributed by atoms with van der Waals surface area (Å²) < 4.78 is 24.2. The number of aryl methyl sites for hydroxylation is 2. The van der Waals surface area contributed by atoms with Gasteiger partial charge in [-0.15, -0.1) is 5.10 Å². The van der Waals surface area contributed by atoms with Crippen LogP contribution in [0.4, 0.5) is 0 Å². The first kappa shape index (κ1) is 18.3. The molecule has 1 aromatic carbocycles. The Labute approximate surface area is 152 Å². The zero-order valence-corrected chi connectivity index (χ0v) is 15.5. The molecule has 0 radical (unpaired) electrons. The molecule has 2 heterocycles. The minimum absolute atomic E-state index is 0.0410. The van der Waals surface area contributed by atoms with Crippen LogP contribution >= 0.6 is 0 Å². The molecular weight excluding hydrogens is 354 g/mol. The van der Waals surface area contributed by atoms with E-state index in [1.54, 1.807) is 0 Å². The number of nitrogens with one attached hydrogen (secondary N) is 2. The van der Waals surface area contributed by atoms with Gasteiger partial charge in [-0.3, -0.25) is 10.2 Å². The van der Waals surface area contributed by atoms with E-state index in [1.165, 1.54) is 23.3 Å². The van der Waals surface area contributed by atoms with Crippen molar-refractivity contribution in [3.05, 3.63) is 41.7 Å². The van der Waals surface area contributed by atoms with Crippen molar-refractivity contribution in [1.29, 1.82) is 0 Å². The lowest BCUT2D eigenvalue weighted by atomic mass is 10.1. The van der Waals surface area contributed by atoms with Gasteiger partial charge in [0.05, 0.1) is 11.5 Å². The summed E-state index contributed by atoms with van der Waals surface area (Å²) in [6, 6.07) is 5.83. The van der Waals surface area contributed by atoms with Gasteiger partial charge in [0, 0.05) is 23.9 Å². The van der Waals surface area contributed by atoms with Crippen molar-refractivity contribution in [2.24, 2.45) is 0 Å². The minimum Gasteiger partial charge on any atom is -0.288 e. The molecule has 0 aliphatic carbocycles. The van der Waals surface area contributed by atoms with E-state index < -0.39 is 15.7 Å². The fraction of sp³-hybridized carbons (Fsp3) is 0.353. The van der Waals surface area contributed by atoms with Crippen LogP contribution in [-0.2, 0) is 14.6 Å². The van der Waals surface area contributed by atoms with Crippen LogP contribution in [0.3, 0.4) is 0 Å². The molecule has 0 spiro atoms. The molecule has 8 nitrogen and oxygen atoms in total. The Hall–Kier alpha value is -2.52. The third kappa shape index (κ3) is 4.77. The van der Waals surface area contributed by atoms with Crippen molar-refractivity contribution in [2.75, 3.05) is 11.5 Å². The molecule has 1 amide bonds. The van der Waals surface area contributed by atoms with E-state index in [9.17, 15) is 13.2 Å². The number of hydrogen-bond acceptors (Lipinski definition) is 6. The van der Waals surface area contributed by atoms with E-state index in [1.807, 2.05) is 26.0 Å². The minimum atomic E-state index is -2.98. The van der Waals surface area contributed by atoms with E-state index in [-0.39, 0.29) is 17.5 Å². The second kappa shape index (κ2) is 7.38. The van der Waals surface area contributed by atoms with Gasteiger partial charge in [-0.25, -0.2) is 23.5 Å². The first-order valence-corrected chi connectivity index (χ1v) is 10.1. The zero-order valence-electron chi connectivity index (χ0n) is 14.6. The SMILES string of the molecule is Cc1cc(C)cc(-c2ncn(/C=C\C(=O)NNC3CCS(=O)(=O)C3)n2)c1. The lowest BCUT2D eigenvalue weighted by Crippen LogP contribution is -2.44. The van der Waals surface area contributed by atoms with Gasteiger partial charge in [-0.2, -0.15) is 0 Å². The van der Waals surface area contributed by atoms with Gasteiger partial charge in [0.15, 0.2) is 15.7 Å². The molecular formula is C17H21N5O3S. The molecule has 2 N–H and O–H groups in total.